The average Bonchev–Trinajstić information content (AvgIpc) is 2.70. The quantitative estimate of drug-likeness (QED) is 0.454. The third kappa shape index (κ3) is 6.33. The van der Waals surface area contributed by atoms with E-state index in [0.29, 0.717) is 27.9 Å². The molecule has 0 aliphatic heterocycles. The van der Waals surface area contributed by atoms with Crippen molar-refractivity contribution in [1.29, 1.82) is 0 Å². The van der Waals surface area contributed by atoms with Gasteiger partial charge in [-0.05, 0) is 23.6 Å². The Morgan fingerprint density at radius 3 is 2.39 bits per heavy atom. The lowest BCUT2D eigenvalue weighted by atomic mass is 9.90. The number of halogens is 1. The minimum absolute atomic E-state index is 0.0461. The van der Waals surface area contributed by atoms with Crippen molar-refractivity contribution in [2.75, 3.05) is 7.11 Å². The minimum atomic E-state index is -1.19. The van der Waals surface area contributed by atoms with Crippen LogP contribution in [0.5, 0.6) is 5.88 Å². The molecule has 2 atom stereocenters. The first-order valence-electron chi connectivity index (χ1n) is 9.91. The van der Waals surface area contributed by atoms with Crippen molar-refractivity contribution in [3.05, 3.63) is 53.0 Å². The molecule has 0 fully saturated rings. The van der Waals surface area contributed by atoms with E-state index in [9.17, 15) is 24.5 Å². The van der Waals surface area contributed by atoms with Crippen molar-refractivity contribution in [2.45, 2.75) is 51.4 Å². The van der Waals surface area contributed by atoms with E-state index in [1.165, 1.54) is 25.3 Å². The molecule has 0 amide bonds. The zero-order chi connectivity index (χ0) is 23.1. The summed E-state index contributed by atoms with van der Waals surface area (Å²) in [6.45, 7) is 3.49. The number of carbonyl (C=O) groups is 1. The van der Waals surface area contributed by atoms with Gasteiger partial charge in [0, 0.05) is 23.1 Å². The summed E-state index contributed by atoms with van der Waals surface area (Å²) in [7, 11) is 1.45. The van der Waals surface area contributed by atoms with Gasteiger partial charge in [-0.15, -0.1) is 0 Å². The van der Waals surface area contributed by atoms with Crippen LogP contribution in [-0.4, -0.2) is 50.7 Å². The average molecular weight is 433 g/mol. The Morgan fingerprint density at radius 2 is 1.87 bits per heavy atom. The Morgan fingerprint density at radius 1 is 1.23 bits per heavy atom. The van der Waals surface area contributed by atoms with E-state index in [2.05, 4.69) is 4.98 Å². The molecule has 0 saturated carbocycles. The molecule has 1 aromatic heterocycles. The summed E-state index contributed by atoms with van der Waals surface area (Å²) >= 11 is 0. The molecule has 1 heterocycles. The van der Waals surface area contributed by atoms with Gasteiger partial charge in [0.05, 0.1) is 38.0 Å². The van der Waals surface area contributed by atoms with E-state index in [-0.39, 0.29) is 24.8 Å². The maximum Gasteiger partial charge on any atom is 0.305 e. The smallest absolute Gasteiger partial charge is 0.305 e. The Labute approximate surface area is 180 Å². The summed E-state index contributed by atoms with van der Waals surface area (Å²) in [6.07, 6.45) is 0.145. The van der Waals surface area contributed by atoms with Crippen LogP contribution >= 0.6 is 0 Å². The summed E-state index contributed by atoms with van der Waals surface area (Å²) in [5, 5.41) is 38.8. The third-order valence-electron chi connectivity index (χ3n) is 4.77. The third-order valence-corrected chi connectivity index (χ3v) is 4.77. The van der Waals surface area contributed by atoms with Crippen molar-refractivity contribution in [3.8, 4) is 17.0 Å². The number of methoxy groups -OCH3 is 1. The molecule has 2 rings (SSSR count). The zero-order valence-corrected chi connectivity index (χ0v) is 17.7. The first-order valence-corrected chi connectivity index (χ1v) is 9.91. The fourth-order valence-electron chi connectivity index (χ4n) is 3.35. The summed E-state index contributed by atoms with van der Waals surface area (Å²) in [5.41, 5.74) is 2.89. The largest absolute Gasteiger partial charge is 0.481 e. The van der Waals surface area contributed by atoms with Gasteiger partial charge >= 0.3 is 5.97 Å². The molecule has 31 heavy (non-hydrogen) atoms. The second-order valence-electron chi connectivity index (χ2n) is 7.51. The molecule has 4 N–H and O–H groups in total. The van der Waals surface area contributed by atoms with Gasteiger partial charge in [-0.3, -0.25) is 4.79 Å². The van der Waals surface area contributed by atoms with Crippen molar-refractivity contribution in [1.82, 2.24) is 4.98 Å². The van der Waals surface area contributed by atoms with Gasteiger partial charge in [0.15, 0.2) is 0 Å². The molecule has 0 spiro atoms. The number of ether oxygens (including phenoxy) is 1. The lowest BCUT2D eigenvalue weighted by molar-refractivity contribution is -0.139. The van der Waals surface area contributed by atoms with Gasteiger partial charge in [-0.25, -0.2) is 9.37 Å². The lowest BCUT2D eigenvalue weighted by Gasteiger charge is -2.20. The van der Waals surface area contributed by atoms with Crippen LogP contribution in [0, 0.1) is 5.82 Å². The number of pyridine rings is 1. The molecular formula is C23H28FNO6. The number of carboxylic acids is 1. The van der Waals surface area contributed by atoms with Crippen molar-refractivity contribution >= 4 is 12.0 Å². The van der Waals surface area contributed by atoms with Crippen LogP contribution in [0.3, 0.4) is 0 Å². The Kier molecular flexibility index (Phi) is 8.67. The van der Waals surface area contributed by atoms with Crippen LogP contribution in [0.2, 0.25) is 0 Å². The Hall–Kier alpha value is -2.81. The van der Waals surface area contributed by atoms with E-state index >= 15 is 0 Å². The molecule has 2 aromatic rings. The molecule has 1 aromatic carbocycles. The normalized spacial score (nSPS) is 13.5. The molecule has 0 bridgehead atoms. The number of nitrogens with zero attached hydrogens (tertiary/aromatic N) is 1. The van der Waals surface area contributed by atoms with E-state index in [0.717, 1.165) is 0 Å². The van der Waals surface area contributed by atoms with E-state index in [1.807, 2.05) is 13.8 Å². The molecular weight excluding hydrogens is 405 g/mol. The van der Waals surface area contributed by atoms with E-state index < -0.39 is 30.4 Å². The zero-order valence-electron chi connectivity index (χ0n) is 17.7. The summed E-state index contributed by atoms with van der Waals surface area (Å²) in [6, 6.07) is 5.78. The number of carboxylic acid groups (broad SMARTS) is 1. The maximum absolute atomic E-state index is 13.5. The molecule has 7 nitrogen and oxygen atoms in total. The van der Waals surface area contributed by atoms with Crippen LogP contribution < -0.4 is 4.74 Å². The van der Waals surface area contributed by atoms with Crippen molar-refractivity contribution < 1.29 is 34.3 Å². The number of hydrogen-bond acceptors (Lipinski definition) is 6. The molecule has 0 aliphatic rings. The molecule has 8 heteroatoms. The van der Waals surface area contributed by atoms with Gasteiger partial charge in [0.1, 0.15) is 5.82 Å². The molecule has 0 radical (unpaired) electrons. The van der Waals surface area contributed by atoms with Gasteiger partial charge in [-0.1, -0.05) is 38.1 Å². The number of benzene rings is 1. The van der Waals surface area contributed by atoms with Crippen molar-refractivity contribution in [3.63, 3.8) is 0 Å². The van der Waals surface area contributed by atoms with Crippen molar-refractivity contribution in [2.24, 2.45) is 0 Å². The standard InChI is InChI=1S/C23H28FNO6/c1-13(2)22-18(9-8-16(27)10-17(28)11-20(29)30)21(14-4-6-15(24)7-5-14)19(12-26)23(25-22)31-3/h4-9,13,16-17,26-28H,10-12H2,1-3H3,(H,29,30). The highest BCUT2D eigenvalue weighted by Gasteiger charge is 2.22. The SMILES string of the molecule is COc1nc(C(C)C)c(C=CC(O)CC(O)CC(=O)O)c(-c2ccc(F)cc2)c1CO. The number of rotatable bonds is 10. The number of hydrogen-bond donors (Lipinski definition) is 4. The summed E-state index contributed by atoms with van der Waals surface area (Å²) < 4.78 is 18.9. The monoisotopic (exact) mass is 433 g/mol. The molecule has 0 aliphatic carbocycles. The first kappa shape index (κ1) is 24.5. The number of aromatic nitrogens is 1. The molecule has 168 valence electrons. The Balaban J connectivity index is 2.60. The number of aliphatic hydroxyl groups excluding tert-OH is 3. The number of aliphatic hydroxyl groups is 3. The second kappa shape index (κ2) is 11.0. The van der Waals surface area contributed by atoms with Crippen LogP contribution in [0.1, 0.15) is 49.4 Å². The van der Waals surface area contributed by atoms with Gasteiger partial charge in [-0.2, -0.15) is 0 Å². The van der Waals surface area contributed by atoms with Crippen LogP contribution in [0.25, 0.3) is 17.2 Å². The molecule has 0 saturated heterocycles. The van der Waals surface area contributed by atoms with Crippen LogP contribution in [-0.2, 0) is 11.4 Å². The fraction of sp³-hybridized carbons (Fsp3) is 0.391. The maximum atomic E-state index is 13.5. The van der Waals surface area contributed by atoms with E-state index in [1.54, 1.807) is 18.2 Å². The summed E-state index contributed by atoms with van der Waals surface area (Å²) in [4.78, 5) is 15.2. The Bertz CT molecular complexity index is 927. The number of aliphatic carboxylic acids is 1. The van der Waals surface area contributed by atoms with Gasteiger partial charge in [0.2, 0.25) is 5.88 Å². The van der Waals surface area contributed by atoms with Gasteiger partial charge < -0.3 is 25.2 Å². The summed E-state index contributed by atoms with van der Waals surface area (Å²) in [5.74, 6) is -1.36. The lowest BCUT2D eigenvalue weighted by Crippen LogP contribution is -2.19. The van der Waals surface area contributed by atoms with Gasteiger partial charge in [0.25, 0.3) is 0 Å². The molecule has 2 unspecified atom stereocenters. The van der Waals surface area contributed by atoms with Crippen LogP contribution in [0.4, 0.5) is 4.39 Å². The van der Waals surface area contributed by atoms with Crippen LogP contribution in [0.15, 0.2) is 30.3 Å². The van der Waals surface area contributed by atoms with E-state index in [4.69, 9.17) is 9.84 Å². The minimum Gasteiger partial charge on any atom is -0.481 e. The highest BCUT2D eigenvalue weighted by Crippen LogP contribution is 2.38. The topological polar surface area (TPSA) is 120 Å². The highest BCUT2D eigenvalue weighted by atomic mass is 19.1. The highest BCUT2D eigenvalue weighted by molar-refractivity contribution is 5.81. The predicted octanol–water partition coefficient (Wildman–Crippen LogP) is 3.11. The predicted molar refractivity (Wildman–Crippen MR) is 114 cm³/mol. The fourth-order valence-corrected chi connectivity index (χ4v) is 3.35. The first-order chi connectivity index (χ1) is 14.7. The second-order valence-corrected chi connectivity index (χ2v) is 7.51.